The van der Waals surface area contributed by atoms with Crippen LogP contribution in [0.15, 0.2) is 12.2 Å². The van der Waals surface area contributed by atoms with Crippen molar-refractivity contribution < 1.29 is 28.7 Å². The molecule has 0 fully saturated rings. The van der Waals surface area contributed by atoms with E-state index >= 15 is 0 Å². The van der Waals surface area contributed by atoms with Gasteiger partial charge >= 0.3 is 24.0 Å². The molecule has 0 rings (SSSR count). The van der Waals surface area contributed by atoms with Crippen LogP contribution >= 0.6 is 0 Å². The van der Waals surface area contributed by atoms with Gasteiger partial charge in [0.2, 0.25) is 0 Å². The van der Waals surface area contributed by atoms with Crippen LogP contribution in [0.5, 0.6) is 0 Å². The molecule has 0 aliphatic heterocycles. The molecule has 2 atom stereocenters. The van der Waals surface area contributed by atoms with E-state index in [2.05, 4.69) is 21.3 Å². The minimum Gasteiger partial charge on any atom is -0.460 e. The Morgan fingerprint density at radius 2 is 0.906 bits per heavy atom. The van der Waals surface area contributed by atoms with Crippen LogP contribution < -0.4 is 21.3 Å². The second-order valence-electron chi connectivity index (χ2n) is 8.84. The Morgan fingerprint density at radius 1 is 0.594 bits per heavy atom. The molecule has 0 heterocycles. The molecule has 184 valence electrons. The number of ether oxygens (including phenoxy) is 2. The summed E-state index contributed by atoms with van der Waals surface area (Å²) in [7, 11) is 0. The molecule has 10 nitrogen and oxygen atoms in total. The zero-order chi connectivity index (χ0) is 24.8. The molecule has 0 aromatic rings. The lowest BCUT2D eigenvalue weighted by molar-refractivity contribution is -0.141. The molecule has 0 saturated heterocycles. The minimum atomic E-state index is -0.728. The number of urea groups is 2. The minimum absolute atomic E-state index is 0.0191. The Labute approximate surface area is 191 Å². The van der Waals surface area contributed by atoms with Gasteiger partial charge in [0.15, 0.2) is 0 Å². The number of amides is 4. The Morgan fingerprint density at radius 3 is 1.16 bits per heavy atom. The van der Waals surface area contributed by atoms with Gasteiger partial charge in [0.05, 0.1) is 12.1 Å². The molecule has 0 aromatic carbocycles. The molecule has 4 N–H and O–H groups in total. The van der Waals surface area contributed by atoms with Crippen LogP contribution in [0.2, 0.25) is 0 Å². The molecular formula is C22H40N4O6. The largest absolute Gasteiger partial charge is 0.460 e. The van der Waals surface area contributed by atoms with Crippen molar-refractivity contribution in [2.24, 2.45) is 11.8 Å². The lowest BCUT2D eigenvalue weighted by Gasteiger charge is -2.23. The Kier molecular flexibility index (Phi) is 13.8. The molecule has 0 saturated carbocycles. The standard InChI is InChI=1S/C22H40N4O6/c1-13(2)17(25-21(29)23-15(5)6)11-31-19(27)9-10-20(28)32-12-18(14(3)4)26-22(30)24-16(7)8/h9-10,13-18H,11-12H2,1-8H3,(H2,23,25,29)(H2,24,26,30)/b10-9+/t17-,18-/m1/s1. The van der Waals surface area contributed by atoms with E-state index in [1.165, 1.54) is 0 Å². The highest BCUT2D eigenvalue weighted by molar-refractivity contribution is 5.91. The summed E-state index contributed by atoms with van der Waals surface area (Å²) in [5, 5.41) is 10.9. The first-order valence-corrected chi connectivity index (χ1v) is 11.0. The lowest BCUT2D eigenvalue weighted by atomic mass is 10.1. The summed E-state index contributed by atoms with van der Waals surface area (Å²) in [5.74, 6) is -1.40. The van der Waals surface area contributed by atoms with Gasteiger partial charge in [-0.3, -0.25) is 0 Å². The van der Waals surface area contributed by atoms with E-state index in [1.54, 1.807) is 0 Å². The van der Waals surface area contributed by atoms with E-state index in [0.717, 1.165) is 12.2 Å². The normalized spacial score (nSPS) is 13.2. The van der Waals surface area contributed by atoms with Crippen LogP contribution in [0.1, 0.15) is 55.4 Å². The van der Waals surface area contributed by atoms with Gasteiger partial charge in [-0.05, 0) is 39.5 Å². The average molecular weight is 457 g/mol. The van der Waals surface area contributed by atoms with Crippen LogP contribution in [0.3, 0.4) is 0 Å². The predicted molar refractivity (Wildman–Crippen MR) is 122 cm³/mol. The average Bonchev–Trinajstić information content (AvgIpc) is 2.64. The monoisotopic (exact) mass is 456 g/mol. The highest BCUT2D eigenvalue weighted by Crippen LogP contribution is 2.04. The lowest BCUT2D eigenvalue weighted by Crippen LogP contribution is -2.48. The number of carbonyl (C=O) groups excluding carboxylic acids is 4. The molecule has 0 aliphatic carbocycles. The number of hydrogen-bond acceptors (Lipinski definition) is 6. The maximum absolute atomic E-state index is 11.9. The van der Waals surface area contributed by atoms with Crippen molar-refractivity contribution in [3.63, 3.8) is 0 Å². The first kappa shape index (κ1) is 29.2. The fraction of sp³-hybridized carbons (Fsp3) is 0.727. The van der Waals surface area contributed by atoms with E-state index in [9.17, 15) is 19.2 Å². The molecule has 32 heavy (non-hydrogen) atoms. The van der Waals surface area contributed by atoms with Crippen LogP contribution in [-0.4, -0.2) is 61.4 Å². The SMILES string of the molecule is CC(C)NC(=O)N[C@H](COC(=O)/C=C/C(=O)OC[C@@H](NC(=O)NC(C)C)C(C)C)C(C)C. The summed E-state index contributed by atoms with van der Waals surface area (Å²) < 4.78 is 10.3. The molecule has 0 radical (unpaired) electrons. The number of esters is 2. The van der Waals surface area contributed by atoms with Gasteiger partial charge in [-0.25, -0.2) is 19.2 Å². The van der Waals surface area contributed by atoms with Crippen LogP contribution in [0.4, 0.5) is 9.59 Å². The zero-order valence-electron chi connectivity index (χ0n) is 20.5. The van der Waals surface area contributed by atoms with Crippen LogP contribution in [-0.2, 0) is 19.1 Å². The molecule has 10 heteroatoms. The van der Waals surface area contributed by atoms with Crippen molar-refractivity contribution in [3.05, 3.63) is 12.2 Å². The third-order valence-corrected chi connectivity index (χ3v) is 4.25. The molecule has 0 aromatic heterocycles. The summed E-state index contributed by atoms with van der Waals surface area (Å²) in [6.07, 6.45) is 1.94. The van der Waals surface area contributed by atoms with Crippen molar-refractivity contribution in [3.8, 4) is 0 Å². The third-order valence-electron chi connectivity index (χ3n) is 4.25. The number of hydrogen-bond donors (Lipinski definition) is 4. The Hall–Kier alpha value is -2.78. The highest BCUT2D eigenvalue weighted by atomic mass is 16.5. The van der Waals surface area contributed by atoms with Gasteiger partial charge in [-0.15, -0.1) is 0 Å². The second-order valence-corrected chi connectivity index (χ2v) is 8.84. The summed E-state index contributed by atoms with van der Waals surface area (Å²) in [6, 6.07) is -1.49. The molecular weight excluding hydrogens is 416 g/mol. The van der Waals surface area contributed by atoms with Gasteiger partial charge in [0, 0.05) is 24.2 Å². The van der Waals surface area contributed by atoms with Gasteiger partial charge in [0.1, 0.15) is 13.2 Å². The van der Waals surface area contributed by atoms with Crippen molar-refractivity contribution >= 4 is 24.0 Å². The van der Waals surface area contributed by atoms with E-state index in [4.69, 9.17) is 9.47 Å². The number of carbonyl (C=O) groups is 4. The van der Waals surface area contributed by atoms with Crippen LogP contribution in [0.25, 0.3) is 0 Å². The summed E-state index contributed by atoms with van der Waals surface area (Å²) in [6.45, 7) is 14.9. The molecule has 0 bridgehead atoms. The van der Waals surface area contributed by atoms with Gasteiger partial charge in [-0.1, -0.05) is 27.7 Å². The van der Waals surface area contributed by atoms with Gasteiger partial charge < -0.3 is 30.7 Å². The fourth-order valence-corrected chi connectivity index (χ4v) is 2.32. The maximum Gasteiger partial charge on any atom is 0.331 e. The zero-order valence-corrected chi connectivity index (χ0v) is 20.5. The van der Waals surface area contributed by atoms with Crippen molar-refractivity contribution in [1.29, 1.82) is 0 Å². The van der Waals surface area contributed by atoms with Crippen molar-refractivity contribution in [2.45, 2.75) is 79.6 Å². The van der Waals surface area contributed by atoms with E-state index < -0.39 is 11.9 Å². The smallest absolute Gasteiger partial charge is 0.331 e. The highest BCUT2D eigenvalue weighted by Gasteiger charge is 2.20. The summed E-state index contributed by atoms with van der Waals surface area (Å²) in [4.78, 5) is 47.6. The van der Waals surface area contributed by atoms with E-state index in [-0.39, 0.29) is 61.3 Å². The quantitative estimate of drug-likeness (QED) is 0.262. The molecule has 0 unspecified atom stereocenters. The van der Waals surface area contributed by atoms with Gasteiger partial charge in [-0.2, -0.15) is 0 Å². The van der Waals surface area contributed by atoms with Crippen molar-refractivity contribution in [1.82, 2.24) is 21.3 Å². The maximum atomic E-state index is 11.9. The van der Waals surface area contributed by atoms with Gasteiger partial charge in [0.25, 0.3) is 0 Å². The van der Waals surface area contributed by atoms with E-state index in [0.29, 0.717) is 0 Å². The molecule has 0 spiro atoms. The van der Waals surface area contributed by atoms with E-state index in [1.807, 2.05) is 55.4 Å². The first-order chi connectivity index (χ1) is 14.8. The summed E-state index contributed by atoms with van der Waals surface area (Å²) in [5.41, 5.74) is 0. The molecule has 4 amide bonds. The predicted octanol–water partition coefficient (Wildman–Crippen LogP) is 2.09. The third kappa shape index (κ3) is 14.3. The Bertz CT molecular complexity index is 592. The second kappa shape index (κ2) is 15.1. The first-order valence-electron chi connectivity index (χ1n) is 11.0. The molecule has 0 aliphatic rings. The topological polar surface area (TPSA) is 135 Å². The fourth-order valence-electron chi connectivity index (χ4n) is 2.32. The van der Waals surface area contributed by atoms with Crippen LogP contribution in [0, 0.1) is 11.8 Å². The number of nitrogens with one attached hydrogen (secondary N) is 4. The summed E-state index contributed by atoms with van der Waals surface area (Å²) >= 11 is 0. The Balaban J connectivity index is 4.55. The number of rotatable bonds is 12. The van der Waals surface area contributed by atoms with Crippen molar-refractivity contribution in [2.75, 3.05) is 13.2 Å².